The highest BCUT2D eigenvalue weighted by Crippen LogP contribution is 2.64. The van der Waals surface area contributed by atoms with Gasteiger partial charge in [-0.2, -0.15) is 0 Å². The third-order valence-corrected chi connectivity index (χ3v) is 8.09. The summed E-state index contributed by atoms with van der Waals surface area (Å²) in [6.45, 7) is 4.18. The van der Waals surface area contributed by atoms with Crippen molar-refractivity contribution in [1.82, 2.24) is 4.72 Å². The Morgan fingerprint density at radius 3 is 2.33 bits per heavy atom. The van der Waals surface area contributed by atoms with E-state index in [0.717, 1.165) is 38.5 Å². The first kappa shape index (κ1) is 15.5. The van der Waals surface area contributed by atoms with Crippen LogP contribution in [0.5, 0.6) is 0 Å². The topological polar surface area (TPSA) is 63.2 Å². The zero-order valence-electron chi connectivity index (χ0n) is 13.2. The minimum Gasteiger partial charge on any atom is -0.299 e. The van der Waals surface area contributed by atoms with Gasteiger partial charge in [0.05, 0.1) is 5.75 Å². The van der Waals surface area contributed by atoms with Gasteiger partial charge in [0.1, 0.15) is 5.78 Å². The third kappa shape index (κ3) is 2.46. The fraction of sp³-hybridized carbons (Fsp3) is 0.938. The molecule has 0 radical (unpaired) electrons. The molecule has 120 valence electrons. The van der Waals surface area contributed by atoms with E-state index < -0.39 is 15.4 Å². The molecule has 0 aromatic rings. The number of sulfonamides is 1. The van der Waals surface area contributed by atoms with Gasteiger partial charge >= 0.3 is 0 Å². The summed E-state index contributed by atoms with van der Waals surface area (Å²) < 4.78 is 28.1. The Morgan fingerprint density at radius 2 is 1.81 bits per heavy atom. The molecule has 0 saturated heterocycles. The van der Waals surface area contributed by atoms with Crippen molar-refractivity contribution in [2.75, 3.05) is 5.75 Å². The molecule has 3 saturated carbocycles. The quantitative estimate of drug-likeness (QED) is 0.868. The summed E-state index contributed by atoms with van der Waals surface area (Å²) in [4.78, 5) is 12.5. The molecule has 0 amide bonds. The number of nitrogens with one attached hydrogen (secondary N) is 1. The Bertz CT molecular complexity index is 534. The van der Waals surface area contributed by atoms with E-state index in [1.807, 2.05) is 0 Å². The molecule has 3 fully saturated rings. The van der Waals surface area contributed by atoms with Gasteiger partial charge in [-0.15, -0.1) is 0 Å². The summed E-state index contributed by atoms with van der Waals surface area (Å²) in [5, 5.41) is 0. The van der Waals surface area contributed by atoms with Gasteiger partial charge in [-0.1, -0.05) is 33.1 Å². The number of ketones is 1. The maximum absolute atomic E-state index is 12.6. The number of carbonyl (C=O) groups is 1. The average Bonchev–Trinajstić information content (AvgIpc) is 2.72. The zero-order valence-corrected chi connectivity index (χ0v) is 14.0. The molecule has 0 aromatic carbocycles. The van der Waals surface area contributed by atoms with Gasteiger partial charge in [-0.05, 0) is 37.0 Å². The van der Waals surface area contributed by atoms with Crippen molar-refractivity contribution in [1.29, 1.82) is 0 Å². The Balaban J connectivity index is 1.76. The van der Waals surface area contributed by atoms with Crippen LogP contribution in [0.15, 0.2) is 0 Å². The SMILES string of the molecule is CC1(C)[C@H]2CC[C@@]1(CS(=O)(=O)NC1CCCCC1)C(=O)C2. The summed E-state index contributed by atoms with van der Waals surface area (Å²) in [6, 6.07) is 0.0805. The second-order valence-corrected chi connectivity index (χ2v) is 9.63. The van der Waals surface area contributed by atoms with Crippen molar-refractivity contribution in [3.8, 4) is 0 Å². The summed E-state index contributed by atoms with van der Waals surface area (Å²) in [7, 11) is -3.38. The van der Waals surface area contributed by atoms with E-state index in [9.17, 15) is 13.2 Å². The van der Waals surface area contributed by atoms with Crippen LogP contribution in [0.25, 0.3) is 0 Å². The van der Waals surface area contributed by atoms with E-state index >= 15 is 0 Å². The first-order chi connectivity index (χ1) is 9.77. The van der Waals surface area contributed by atoms with Crippen LogP contribution in [0.2, 0.25) is 0 Å². The van der Waals surface area contributed by atoms with Gasteiger partial charge < -0.3 is 0 Å². The maximum Gasteiger partial charge on any atom is 0.212 e. The smallest absolute Gasteiger partial charge is 0.212 e. The van der Waals surface area contributed by atoms with Crippen molar-refractivity contribution in [3.05, 3.63) is 0 Å². The highest BCUT2D eigenvalue weighted by molar-refractivity contribution is 7.89. The Labute approximate surface area is 128 Å². The Kier molecular flexibility index (Phi) is 3.72. The van der Waals surface area contributed by atoms with Gasteiger partial charge in [-0.25, -0.2) is 13.1 Å². The van der Waals surface area contributed by atoms with Crippen molar-refractivity contribution in [2.24, 2.45) is 16.7 Å². The molecule has 3 rings (SSSR count). The van der Waals surface area contributed by atoms with E-state index in [0.29, 0.717) is 12.3 Å². The minimum absolute atomic E-state index is 0.00116. The maximum atomic E-state index is 12.6. The third-order valence-electron chi connectivity index (χ3n) is 6.53. The molecule has 2 atom stereocenters. The first-order valence-corrected chi connectivity index (χ1v) is 9.95. The first-order valence-electron chi connectivity index (χ1n) is 8.30. The molecule has 0 unspecified atom stereocenters. The van der Waals surface area contributed by atoms with Crippen LogP contribution in [0.4, 0.5) is 0 Å². The van der Waals surface area contributed by atoms with E-state index in [1.54, 1.807) is 0 Å². The van der Waals surface area contributed by atoms with Crippen molar-refractivity contribution in [2.45, 2.75) is 71.3 Å². The molecular weight excluding hydrogens is 286 g/mol. The zero-order chi connectivity index (χ0) is 15.3. The highest BCUT2D eigenvalue weighted by Gasteiger charge is 2.65. The van der Waals surface area contributed by atoms with Gasteiger partial charge in [-0.3, -0.25) is 4.79 Å². The van der Waals surface area contributed by atoms with Crippen LogP contribution in [-0.2, 0) is 14.8 Å². The van der Waals surface area contributed by atoms with Gasteiger partial charge in [0.25, 0.3) is 0 Å². The molecule has 0 aliphatic heterocycles. The number of fused-ring (bicyclic) bond motifs is 2. The van der Waals surface area contributed by atoms with Crippen LogP contribution in [0, 0.1) is 16.7 Å². The van der Waals surface area contributed by atoms with Crippen LogP contribution in [0.1, 0.15) is 65.2 Å². The van der Waals surface area contributed by atoms with Gasteiger partial charge in [0.15, 0.2) is 0 Å². The molecular formula is C16H27NO3S. The number of rotatable bonds is 4. The van der Waals surface area contributed by atoms with E-state index in [4.69, 9.17) is 0 Å². The monoisotopic (exact) mass is 313 g/mol. The summed E-state index contributed by atoms with van der Waals surface area (Å²) in [5.74, 6) is 0.548. The Morgan fingerprint density at radius 1 is 1.14 bits per heavy atom. The molecule has 3 aliphatic rings. The predicted molar refractivity (Wildman–Crippen MR) is 82.4 cm³/mol. The lowest BCUT2D eigenvalue weighted by molar-refractivity contribution is -0.128. The number of hydrogen-bond acceptors (Lipinski definition) is 3. The van der Waals surface area contributed by atoms with Crippen LogP contribution in [-0.4, -0.2) is 26.0 Å². The number of Topliss-reactive ketones (excluding diaryl/α,β-unsaturated/α-hetero) is 1. The molecule has 2 bridgehead atoms. The summed E-state index contributed by atoms with van der Waals surface area (Å²) >= 11 is 0. The minimum atomic E-state index is -3.38. The fourth-order valence-corrected chi connectivity index (χ4v) is 7.10. The van der Waals surface area contributed by atoms with Crippen LogP contribution >= 0.6 is 0 Å². The lowest BCUT2D eigenvalue weighted by Gasteiger charge is -2.36. The molecule has 0 heterocycles. The molecule has 0 spiro atoms. The van der Waals surface area contributed by atoms with E-state index in [-0.39, 0.29) is 23.0 Å². The number of hydrogen-bond donors (Lipinski definition) is 1. The molecule has 3 aliphatic carbocycles. The highest BCUT2D eigenvalue weighted by atomic mass is 32.2. The standard InChI is InChI=1S/C16H27NO3S/c1-15(2)12-8-9-16(15,14(18)10-12)11-21(19,20)17-13-6-4-3-5-7-13/h12-13,17H,3-11H2,1-2H3/t12-,16+/m0/s1. The Hall–Kier alpha value is -0.420. The molecule has 4 nitrogen and oxygen atoms in total. The second-order valence-electron chi connectivity index (χ2n) is 7.88. The lowest BCUT2D eigenvalue weighted by atomic mass is 9.70. The normalized spacial score (nSPS) is 36.3. The van der Waals surface area contributed by atoms with Crippen molar-refractivity contribution < 1.29 is 13.2 Å². The lowest BCUT2D eigenvalue weighted by Crippen LogP contribution is -2.47. The van der Waals surface area contributed by atoms with E-state index in [1.165, 1.54) is 6.42 Å². The van der Waals surface area contributed by atoms with Crippen LogP contribution < -0.4 is 4.72 Å². The van der Waals surface area contributed by atoms with Crippen molar-refractivity contribution >= 4 is 15.8 Å². The second kappa shape index (κ2) is 5.05. The van der Waals surface area contributed by atoms with Crippen molar-refractivity contribution in [3.63, 3.8) is 0 Å². The van der Waals surface area contributed by atoms with E-state index in [2.05, 4.69) is 18.6 Å². The van der Waals surface area contributed by atoms with Crippen LogP contribution in [0.3, 0.4) is 0 Å². The molecule has 21 heavy (non-hydrogen) atoms. The molecule has 0 aromatic heterocycles. The fourth-order valence-electron chi connectivity index (χ4n) is 4.95. The average molecular weight is 313 g/mol. The van der Waals surface area contributed by atoms with Gasteiger partial charge in [0.2, 0.25) is 10.0 Å². The largest absolute Gasteiger partial charge is 0.299 e. The predicted octanol–water partition coefficient (Wildman–Crippen LogP) is 2.63. The molecule has 1 N–H and O–H groups in total. The summed E-state index contributed by atoms with van der Waals surface area (Å²) in [5.41, 5.74) is -0.816. The number of carbonyl (C=O) groups excluding carboxylic acids is 1. The molecule has 5 heteroatoms. The summed E-state index contributed by atoms with van der Waals surface area (Å²) in [6.07, 6.45) is 7.60. The van der Waals surface area contributed by atoms with Gasteiger partial charge in [0, 0.05) is 17.9 Å².